The van der Waals surface area contributed by atoms with Gasteiger partial charge in [-0.25, -0.2) is 4.79 Å². The summed E-state index contributed by atoms with van der Waals surface area (Å²) in [4.78, 5) is 22.4. The maximum absolute atomic E-state index is 11.7. The first-order valence-electron chi connectivity index (χ1n) is 7.39. The summed E-state index contributed by atoms with van der Waals surface area (Å²) in [5.41, 5.74) is 2.29. The number of hydrogen-bond acceptors (Lipinski definition) is 4. The normalized spacial score (nSPS) is 11.1. The second-order valence-corrected chi connectivity index (χ2v) is 6.38. The van der Waals surface area contributed by atoms with Gasteiger partial charge >= 0.3 is 6.09 Å². The van der Waals surface area contributed by atoms with E-state index >= 15 is 0 Å². The number of rotatable bonds is 4. The van der Waals surface area contributed by atoms with E-state index in [9.17, 15) is 9.59 Å². The molecule has 1 heterocycles. The summed E-state index contributed by atoms with van der Waals surface area (Å²) in [6, 6.07) is 9.24. The molecule has 1 aromatic heterocycles. The van der Waals surface area contributed by atoms with E-state index in [1.54, 1.807) is 12.1 Å². The van der Waals surface area contributed by atoms with Crippen LogP contribution in [0.5, 0.6) is 0 Å². The summed E-state index contributed by atoms with van der Waals surface area (Å²) in [5, 5.41) is 2.73. The molecule has 0 unspecified atom stereocenters. The highest BCUT2D eigenvalue weighted by atomic mass is 16.6. The number of nitrogens with one attached hydrogen (secondary N) is 1. The largest absolute Gasteiger partial charge is 0.453 e. The Bertz CT molecular complexity index is 710. The molecule has 0 aliphatic heterocycles. The van der Waals surface area contributed by atoms with Crippen LogP contribution in [0.3, 0.4) is 0 Å². The third-order valence-electron chi connectivity index (χ3n) is 3.00. The van der Waals surface area contributed by atoms with Crippen molar-refractivity contribution in [2.75, 3.05) is 0 Å². The zero-order valence-electron chi connectivity index (χ0n) is 13.8. The first kappa shape index (κ1) is 16.8. The lowest BCUT2D eigenvalue weighted by Gasteiger charge is -2.19. The fraction of sp³-hybridized carbons (Fsp3) is 0.333. The molecule has 0 spiro atoms. The number of ether oxygens (including phenoxy) is 1. The average Bonchev–Trinajstić information content (AvgIpc) is 2.92. The topological polar surface area (TPSA) is 68.5 Å². The lowest BCUT2D eigenvalue weighted by atomic mass is 10.0. The van der Waals surface area contributed by atoms with Gasteiger partial charge in [-0.1, -0.05) is 11.6 Å². The highest BCUT2D eigenvalue weighted by Crippen LogP contribution is 2.24. The standard InChI is InChI=1S/C18H21NO4/c1-12-7-13(10-19-17(21)23-18(2,3)4)9-14(8-12)16-6-5-15(11-20)22-16/h5-9,11H,10H2,1-4H3,(H,19,21). The Hall–Kier alpha value is -2.56. The van der Waals surface area contributed by atoms with E-state index in [4.69, 9.17) is 9.15 Å². The Morgan fingerprint density at radius 3 is 2.61 bits per heavy atom. The summed E-state index contributed by atoms with van der Waals surface area (Å²) in [5.74, 6) is 0.907. The van der Waals surface area contributed by atoms with Gasteiger partial charge in [0.15, 0.2) is 12.0 Å². The molecule has 1 aromatic carbocycles. The van der Waals surface area contributed by atoms with E-state index in [2.05, 4.69) is 5.32 Å². The quantitative estimate of drug-likeness (QED) is 0.863. The van der Waals surface area contributed by atoms with Crippen molar-refractivity contribution in [3.05, 3.63) is 47.2 Å². The molecule has 1 N–H and O–H groups in total. The van der Waals surface area contributed by atoms with Crippen LogP contribution >= 0.6 is 0 Å². The van der Waals surface area contributed by atoms with Gasteiger partial charge in [-0.15, -0.1) is 0 Å². The van der Waals surface area contributed by atoms with Crippen molar-refractivity contribution >= 4 is 12.4 Å². The minimum absolute atomic E-state index is 0.287. The van der Waals surface area contributed by atoms with Crippen molar-refractivity contribution in [3.8, 4) is 11.3 Å². The first-order chi connectivity index (χ1) is 10.8. The van der Waals surface area contributed by atoms with E-state index in [0.717, 1.165) is 16.7 Å². The molecule has 0 saturated carbocycles. The number of carbonyl (C=O) groups is 2. The Labute approximate surface area is 135 Å². The van der Waals surface area contributed by atoms with Gasteiger partial charge in [-0.2, -0.15) is 0 Å². The Kier molecular flexibility index (Phi) is 4.89. The van der Waals surface area contributed by atoms with Crippen LogP contribution in [0, 0.1) is 6.92 Å². The summed E-state index contributed by atoms with van der Waals surface area (Å²) in [7, 11) is 0. The van der Waals surface area contributed by atoms with Gasteiger partial charge in [-0.05, 0) is 57.5 Å². The summed E-state index contributed by atoms with van der Waals surface area (Å²) >= 11 is 0. The van der Waals surface area contributed by atoms with Gasteiger partial charge < -0.3 is 14.5 Å². The Morgan fingerprint density at radius 1 is 1.26 bits per heavy atom. The molecule has 0 aliphatic rings. The molecule has 5 heteroatoms. The monoisotopic (exact) mass is 315 g/mol. The fourth-order valence-electron chi connectivity index (χ4n) is 2.17. The molecule has 0 fully saturated rings. The van der Waals surface area contributed by atoms with Crippen LogP contribution in [-0.4, -0.2) is 18.0 Å². The first-order valence-corrected chi connectivity index (χ1v) is 7.39. The maximum atomic E-state index is 11.7. The van der Waals surface area contributed by atoms with Gasteiger partial charge in [0.1, 0.15) is 11.4 Å². The predicted octanol–water partition coefficient (Wildman–Crippen LogP) is 4.09. The lowest BCUT2D eigenvalue weighted by molar-refractivity contribution is 0.0523. The molecule has 2 aromatic rings. The van der Waals surface area contributed by atoms with Gasteiger partial charge in [0.2, 0.25) is 0 Å². The van der Waals surface area contributed by atoms with Crippen LogP contribution in [0.1, 0.15) is 42.5 Å². The molecular formula is C18H21NO4. The molecule has 0 atom stereocenters. The number of furan rings is 1. The molecule has 0 bridgehead atoms. The number of alkyl carbamates (subject to hydrolysis) is 1. The zero-order valence-corrected chi connectivity index (χ0v) is 13.8. The molecule has 2 rings (SSSR count). The van der Waals surface area contributed by atoms with Crippen LogP contribution in [0.2, 0.25) is 0 Å². The molecule has 23 heavy (non-hydrogen) atoms. The van der Waals surface area contributed by atoms with Crippen molar-refractivity contribution in [2.45, 2.75) is 39.8 Å². The van der Waals surface area contributed by atoms with Crippen LogP contribution in [0.25, 0.3) is 11.3 Å². The van der Waals surface area contributed by atoms with Crippen molar-refractivity contribution < 1.29 is 18.7 Å². The number of aryl methyl sites for hydroxylation is 1. The third-order valence-corrected chi connectivity index (χ3v) is 3.00. The van der Waals surface area contributed by atoms with Gasteiger partial charge in [0, 0.05) is 12.1 Å². The number of benzene rings is 1. The van der Waals surface area contributed by atoms with Crippen molar-refractivity contribution in [1.82, 2.24) is 5.32 Å². The summed E-state index contributed by atoms with van der Waals surface area (Å²) in [6.45, 7) is 7.77. The summed E-state index contributed by atoms with van der Waals surface area (Å²) in [6.07, 6.45) is 0.214. The molecular weight excluding hydrogens is 294 g/mol. The Balaban J connectivity index is 2.11. The van der Waals surface area contributed by atoms with Crippen molar-refractivity contribution in [3.63, 3.8) is 0 Å². The van der Waals surface area contributed by atoms with E-state index in [0.29, 0.717) is 18.6 Å². The van der Waals surface area contributed by atoms with E-state index in [1.807, 2.05) is 45.9 Å². The maximum Gasteiger partial charge on any atom is 0.407 e. The minimum Gasteiger partial charge on any atom is -0.453 e. The zero-order chi connectivity index (χ0) is 17.0. The van der Waals surface area contributed by atoms with Gasteiger partial charge in [0.05, 0.1) is 0 Å². The van der Waals surface area contributed by atoms with Crippen LogP contribution in [0.15, 0.2) is 34.7 Å². The molecule has 5 nitrogen and oxygen atoms in total. The third kappa shape index (κ3) is 4.98. The highest BCUT2D eigenvalue weighted by molar-refractivity contribution is 5.73. The second-order valence-electron chi connectivity index (χ2n) is 6.38. The van der Waals surface area contributed by atoms with E-state index in [1.165, 1.54) is 0 Å². The lowest BCUT2D eigenvalue weighted by Crippen LogP contribution is -2.32. The smallest absolute Gasteiger partial charge is 0.407 e. The van der Waals surface area contributed by atoms with Crippen molar-refractivity contribution in [1.29, 1.82) is 0 Å². The van der Waals surface area contributed by atoms with Crippen LogP contribution in [0.4, 0.5) is 4.79 Å². The number of carbonyl (C=O) groups excluding carboxylic acids is 2. The van der Waals surface area contributed by atoms with Crippen molar-refractivity contribution in [2.24, 2.45) is 0 Å². The van der Waals surface area contributed by atoms with Crippen LogP contribution in [-0.2, 0) is 11.3 Å². The molecule has 1 amide bonds. The van der Waals surface area contributed by atoms with E-state index < -0.39 is 11.7 Å². The Morgan fingerprint density at radius 2 is 2.00 bits per heavy atom. The molecule has 0 saturated heterocycles. The van der Waals surface area contributed by atoms with E-state index in [-0.39, 0.29) is 5.76 Å². The molecule has 0 aliphatic carbocycles. The average molecular weight is 315 g/mol. The van der Waals surface area contributed by atoms with Gasteiger partial charge in [0.25, 0.3) is 0 Å². The number of aldehydes is 1. The fourth-order valence-corrected chi connectivity index (χ4v) is 2.17. The molecule has 0 radical (unpaired) electrons. The highest BCUT2D eigenvalue weighted by Gasteiger charge is 2.16. The van der Waals surface area contributed by atoms with Gasteiger partial charge in [-0.3, -0.25) is 4.79 Å². The molecule has 122 valence electrons. The van der Waals surface area contributed by atoms with Crippen LogP contribution < -0.4 is 5.32 Å². The summed E-state index contributed by atoms with van der Waals surface area (Å²) < 4.78 is 10.7. The predicted molar refractivity (Wildman–Crippen MR) is 87.3 cm³/mol. The second kappa shape index (κ2) is 6.69. The number of amides is 1. The SMILES string of the molecule is Cc1cc(CNC(=O)OC(C)(C)C)cc(-c2ccc(C=O)o2)c1. The number of hydrogen-bond donors (Lipinski definition) is 1. The minimum atomic E-state index is -0.527.